The number of aromatic amines is 1. The Morgan fingerprint density at radius 1 is 1.21 bits per heavy atom. The molecule has 0 aromatic carbocycles. The number of H-pyrrole nitrogens is 1. The van der Waals surface area contributed by atoms with Crippen molar-refractivity contribution >= 4 is 23.7 Å². The highest BCUT2D eigenvalue weighted by Gasteiger charge is 2.42. The molecule has 1 aromatic heterocycles. The molecule has 3 unspecified atom stereocenters. The molecule has 158 valence electrons. The van der Waals surface area contributed by atoms with E-state index in [4.69, 9.17) is 10.8 Å². The normalized spacial score (nSPS) is 22.5. The minimum absolute atomic E-state index is 0.280. The maximum absolute atomic E-state index is 13.1. The summed E-state index contributed by atoms with van der Waals surface area (Å²) in [5.41, 5.74) is 6.80. The number of amides is 3. The van der Waals surface area contributed by atoms with E-state index in [1.54, 1.807) is 6.20 Å². The number of nitrogens with one attached hydrogen (secondary N) is 2. The van der Waals surface area contributed by atoms with Crippen molar-refractivity contribution in [1.82, 2.24) is 25.1 Å². The molecule has 0 spiro atoms. The number of likely N-dealkylation sites (tertiary alicyclic amines) is 2. The topological polar surface area (TPSA) is 162 Å². The number of nitrogens with zero attached hydrogens (tertiary/aromatic N) is 3. The summed E-state index contributed by atoms with van der Waals surface area (Å²) in [6, 6.07) is -2.15. The van der Waals surface area contributed by atoms with E-state index in [-0.39, 0.29) is 11.8 Å². The second kappa shape index (κ2) is 9.03. The molecule has 2 aliphatic heterocycles. The quantitative estimate of drug-likeness (QED) is 0.427. The van der Waals surface area contributed by atoms with Gasteiger partial charge in [-0.05, 0) is 25.7 Å². The van der Waals surface area contributed by atoms with Gasteiger partial charge in [0.15, 0.2) is 0 Å². The molecule has 3 atom stereocenters. The Kier molecular flexibility index (Phi) is 6.47. The molecule has 2 aliphatic rings. The molecule has 1 aromatic rings. The molecule has 3 heterocycles. The lowest BCUT2D eigenvalue weighted by Crippen LogP contribution is -2.55. The molecule has 5 N–H and O–H groups in total. The van der Waals surface area contributed by atoms with Crippen molar-refractivity contribution in [3.05, 3.63) is 18.2 Å². The summed E-state index contributed by atoms with van der Waals surface area (Å²) in [5.74, 6) is -2.21. The van der Waals surface area contributed by atoms with Crippen LogP contribution in [0.1, 0.15) is 31.4 Å². The molecule has 11 nitrogen and oxygen atoms in total. The summed E-state index contributed by atoms with van der Waals surface area (Å²) in [7, 11) is 0. The summed E-state index contributed by atoms with van der Waals surface area (Å²) >= 11 is 0. The molecular formula is C18H26N6O5. The Bertz CT molecular complexity index is 767. The van der Waals surface area contributed by atoms with E-state index >= 15 is 0 Å². The average Bonchev–Trinajstić information content (AvgIpc) is 3.45. The lowest BCUT2D eigenvalue weighted by molar-refractivity contribution is -0.147. The first-order valence-corrected chi connectivity index (χ1v) is 9.71. The molecule has 3 rings (SSSR count). The number of imidazole rings is 1. The Labute approximate surface area is 167 Å². The summed E-state index contributed by atoms with van der Waals surface area (Å²) in [6.07, 6.45) is 5.72. The van der Waals surface area contributed by atoms with Crippen molar-refractivity contribution in [1.29, 1.82) is 0 Å². The van der Waals surface area contributed by atoms with Gasteiger partial charge in [-0.2, -0.15) is 0 Å². The number of hydrogen-bond acceptors (Lipinski definition) is 6. The number of nitrogens with two attached hydrogens (primary N) is 1. The zero-order valence-corrected chi connectivity index (χ0v) is 16.0. The van der Waals surface area contributed by atoms with Crippen LogP contribution >= 0.6 is 0 Å². The highest BCUT2D eigenvalue weighted by atomic mass is 16.4. The standard InChI is InChI=1S/C18H26N6O5/c19-12(7-11-8-20-10-22-11)17(28)24-6-2-4-14(24)18(29)23-5-1-3-13(23)16(27)21-9-15(25)26/h8,10,12-14H,1-7,9,19H2,(H,20,22)(H,21,27)(H,25,26). The second-order valence-corrected chi connectivity index (χ2v) is 7.38. The zero-order chi connectivity index (χ0) is 21.0. The fourth-order valence-electron chi connectivity index (χ4n) is 4.00. The number of carbonyl (C=O) groups excluding carboxylic acids is 3. The largest absolute Gasteiger partial charge is 0.480 e. The van der Waals surface area contributed by atoms with Crippen LogP contribution in [0.3, 0.4) is 0 Å². The van der Waals surface area contributed by atoms with Crippen molar-refractivity contribution in [2.45, 2.75) is 50.2 Å². The van der Waals surface area contributed by atoms with Gasteiger partial charge >= 0.3 is 5.97 Å². The first kappa shape index (κ1) is 20.8. The van der Waals surface area contributed by atoms with Crippen LogP contribution in [-0.2, 0) is 25.6 Å². The first-order chi connectivity index (χ1) is 13.9. The van der Waals surface area contributed by atoms with E-state index in [1.807, 2.05) is 0 Å². The molecule has 0 bridgehead atoms. The van der Waals surface area contributed by atoms with Gasteiger partial charge in [0.2, 0.25) is 17.7 Å². The van der Waals surface area contributed by atoms with Crippen LogP contribution in [-0.4, -0.2) is 86.3 Å². The van der Waals surface area contributed by atoms with Gasteiger partial charge in [-0.15, -0.1) is 0 Å². The summed E-state index contributed by atoms with van der Waals surface area (Å²) < 4.78 is 0. The Hall–Kier alpha value is -2.95. The van der Waals surface area contributed by atoms with E-state index in [0.717, 1.165) is 5.69 Å². The van der Waals surface area contributed by atoms with Gasteiger partial charge in [0, 0.05) is 31.4 Å². The van der Waals surface area contributed by atoms with Crippen LogP contribution in [0.2, 0.25) is 0 Å². The van der Waals surface area contributed by atoms with Crippen LogP contribution in [0.25, 0.3) is 0 Å². The summed E-state index contributed by atoms with van der Waals surface area (Å²) in [6.45, 7) is 0.353. The summed E-state index contributed by atoms with van der Waals surface area (Å²) in [5, 5.41) is 11.1. The first-order valence-electron chi connectivity index (χ1n) is 9.71. The Balaban J connectivity index is 1.64. The fourth-order valence-corrected chi connectivity index (χ4v) is 4.00. The van der Waals surface area contributed by atoms with E-state index in [1.165, 1.54) is 16.1 Å². The number of hydrogen-bond donors (Lipinski definition) is 4. The second-order valence-electron chi connectivity index (χ2n) is 7.38. The van der Waals surface area contributed by atoms with E-state index in [0.29, 0.717) is 45.2 Å². The maximum Gasteiger partial charge on any atom is 0.322 e. The van der Waals surface area contributed by atoms with Gasteiger partial charge < -0.3 is 30.9 Å². The molecule has 2 fully saturated rings. The highest BCUT2D eigenvalue weighted by Crippen LogP contribution is 2.25. The third-order valence-electron chi connectivity index (χ3n) is 5.39. The molecule has 2 saturated heterocycles. The van der Waals surface area contributed by atoms with Crippen molar-refractivity contribution in [3.63, 3.8) is 0 Å². The number of aliphatic carboxylic acids is 1. The maximum atomic E-state index is 13.1. The van der Waals surface area contributed by atoms with E-state index in [9.17, 15) is 19.2 Å². The van der Waals surface area contributed by atoms with Gasteiger partial charge in [0.25, 0.3) is 0 Å². The van der Waals surface area contributed by atoms with Crippen molar-refractivity contribution in [2.24, 2.45) is 5.73 Å². The molecule has 3 amide bonds. The monoisotopic (exact) mass is 406 g/mol. The Morgan fingerprint density at radius 2 is 1.90 bits per heavy atom. The average molecular weight is 406 g/mol. The van der Waals surface area contributed by atoms with Crippen LogP contribution in [0.15, 0.2) is 12.5 Å². The predicted molar refractivity (Wildman–Crippen MR) is 100 cm³/mol. The molecule has 0 radical (unpaired) electrons. The van der Waals surface area contributed by atoms with Gasteiger partial charge in [-0.1, -0.05) is 0 Å². The SMILES string of the molecule is NC(Cc1cnc[nH]1)C(=O)N1CCCC1C(=O)N1CCCC1C(=O)NCC(=O)O. The molecule has 0 aliphatic carbocycles. The van der Waals surface area contributed by atoms with Crippen LogP contribution in [0, 0.1) is 0 Å². The number of rotatable bonds is 7. The number of aromatic nitrogens is 2. The molecule has 11 heteroatoms. The Morgan fingerprint density at radius 3 is 2.55 bits per heavy atom. The van der Waals surface area contributed by atoms with Gasteiger partial charge in [-0.25, -0.2) is 4.98 Å². The van der Waals surface area contributed by atoms with E-state index < -0.39 is 36.5 Å². The number of carboxylic acid groups (broad SMARTS) is 1. The van der Waals surface area contributed by atoms with Gasteiger partial charge in [0.1, 0.15) is 18.6 Å². The van der Waals surface area contributed by atoms with E-state index in [2.05, 4.69) is 15.3 Å². The van der Waals surface area contributed by atoms with Crippen LogP contribution in [0.5, 0.6) is 0 Å². The minimum atomic E-state index is -1.15. The van der Waals surface area contributed by atoms with Crippen molar-refractivity contribution in [2.75, 3.05) is 19.6 Å². The molecule has 29 heavy (non-hydrogen) atoms. The van der Waals surface area contributed by atoms with Crippen LogP contribution < -0.4 is 11.1 Å². The third-order valence-corrected chi connectivity index (χ3v) is 5.39. The van der Waals surface area contributed by atoms with Crippen LogP contribution in [0.4, 0.5) is 0 Å². The van der Waals surface area contributed by atoms with Crippen molar-refractivity contribution < 1.29 is 24.3 Å². The molecule has 0 saturated carbocycles. The summed E-state index contributed by atoms with van der Waals surface area (Å²) in [4.78, 5) is 58.8. The van der Waals surface area contributed by atoms with Crippen molar-refractivity contribution in [3.8, 4) is 0 Å². The van der Waals surface area contributed by atoms with Gasteiger partial charge in [-0.3, -0.25) is 19.2 Å². The zero-order valence-electron chi connectivity index (χ0n) is 16.0. The fraction of sp³-hybridized carbons (Fsp3) is 0.611. The number of carboxylic acids is 1. The highest BCUT2D eigenvalue weighted by molar-refractivity contribution is 5.94. The lowest BCUT2D eigenvalue weighted by Gasteiger charge is -2.32. The minimum Gasteiger partial charge on any atom is -0.480 e. The smallest absolute Gasteiger partial charge is 0.322 e. The molecular weight excluding hydrogens is 380 g/mol. The predicted octanol–water partition coefficient (Wildman–Crippen LogP) is -1.54. The van der Waals surface area contributed by atoms with Gasteiger partial charge in [0.05, 0.1) is 12.4 Å². The lowest BCUT2D eigenvalue weighted by atomic mass is 10.1. The third kappa shape index (κ3) is 4.73. The number of carbonyl (C=O) groups is 4.